The SMILES string of the molecule is CC1(C)CNCCN1C(=O)C12CC3CC(CC(C3)C1)C2. The maximum absolute atomic E-state index is 13.4. The van der Waals surface area contributed by atoms with E-state index in [1.807, 2.05) is 0 Å². The zero-order chi connectivity index (χ0) is 14.0. The van der Waals surface area contributed by atoms with Gasteiger partial charge in [0.05, 0.1) is 5.41 Å². The van der Waals surface area contributed by atoms with Crippen LogP contribution in [0.1, 0.15) is 52.4 Å². The molecule has 4 saturated carbocycles. The van der Waals surface area contributed by atoms with Crippen molar-refractivity contribution >= 4 is 5.91 Å². The Morgan fingerprint density at radius 3 is 2.10 bits per heavy atom. The van der Waals surface area contributed by atoms with Crippen LogP contribution in [0, 0.1) is 23.2 Å². The van der Waals surface area contributed by atoms with Crippen molar-refractivity contribution in [3.8, 4) is 0 Å². The van der Waals surface area contributed by atoms with Gasteiger partial charge >= 0.3 is 0 Å². The van der Waals surface area contributed by atoms with Gasteiger partial charge in [-0.05, 0) is 70.1 Å². The minimum atomic E-state index is -0.0152. The van der Waals surface area contributed by atoms with Gasteiger partial charge in [0.15, 0.2) is 0 Å². The van der Waals surface area contributed by atoms with E-state index in [-0.39, 0.29) is 11.0 Å². The summed E-state index contributed by atoms with van der Waals surface area (Å²) >= 11 is 0. The van der Waals surface area contributed by atoms with Gasteiger partial charge < -0.3 is 10.2 Å². The maximum atomic E-state index is 13.4. The van der Waals surface area contributed by atoms with Crippen LogP contribution in [-0.2, 0) is 4.79 Å². The molecular weight excluding hydrogens is 248 g/mol. The highest BCUT2D eigenvalue weighted by Crippen LogP contribution is 2.60. The first-order valence-corrected chi connectivity index (χ1v) is 8.51. The van der Waals surface area contributed by atoms with Gasteiger partial charge in [-0.1, -0.05) is 0 Å². The van der Waals surface area contributed by atoms with Gasteiger partial charge in [-0.3, -0.25) is 4.79 Å². The van der Waals surface area contributed by atoms with Crippen molar-refractivity contribution < 1.29 is 4.79 Å². The summed E-state index contributed by atoms with van der Waals surface area (Å²) in [5, 5.41) is 3.44. The summed E-state index contributed by atoms with van der Waals surface area (Å²) in [5.74, 6) is 3.08. The standard InChI is InChI=1S/C17H28N2O/c1-16(2)11-18-3-4-19(16)15(20)17-8-12-5-13(9-17)7-14(6-12)10-17/h12-14,18H,3-11H2,1-2H3. The zero-order valence-electron chi connectivity index (χ0n) is 13.0. The molecule has 0 radical (unpaired) electrons. The van der Waals surface area contributed by atoms with Crippen molar-refractivity contribution in [1.82, 2.24) is 10.2 Å². The number of hydrogen-bond acceptors (Lipinski definition) is 2. The third kappa shape index (κ3) is 1.85. The molecule has 0 aromatic heterocycles. The lowest BCUT2D eigenvalue weighted by atomic mass is 9.49. The Kier molecular flexibility index (Phi) is 2.77. The average molecular weight is 276 g/mol. The van der Waals surface area contributed by atoms with Crippen molar-refractivity contribution in [3.63, 3.8) is 0 Å². The van der Waals surface area contributed by atoms with Crippen LogP contribution in [0.3, 0.4) is 0 Å². The van der Waals surface area contributed by atoms with E-state index in [0.29, 0.717) is 5.91 Å². The van der Waals surface area contributed by atoms with Gasteiger partial charge in [0, 0.05) is 25.2 Å². The quantitative estimate of drug-likeness (QED) is 0.797. The summed E-state index contributed by atoms with van der Waals surface area (Å²) < 4.78 is 0. The predicted molar refractivity (Wildman–Crippen MR) is 79.3 cm³/mol. The van der Waals surface area contributed by atoms with Crippen LogP contribution in [0.5, 0.6) is 0 Å². The third-order valence-corrected chi connectivity index (χ3v) is 6.54. The molecular formula is C17H28N2O. The second-order valence-electron chi connectivity index (χ2n) is 8.64. The molecule has 3 heteroatoms. The van der Waals surface area contributed by atoms with E-state index in [2.05, 4.69) is 24.1 Å². The van der Waals surface area contributed by atoms with E-state index in [9.17, 15) is 4.79 Å². The van der Waals surface area contributed by atoms with Gasteiger partial charge in [-0.2, -0.15) is 0 Å². The Labute approximate surface area is 122 Å². The number of piperazine rings is 1. The lowest BCUT2D eigenvalue weighted by molar-refractivity contribution is -0.164. The largest absolute Gasteiger partial charge is 0.335 e. The minimum Gasteiger partial charge on any atom is -0.335 e. The number of nitrogens with one attached hydrogen (secondary N) is 1. The van der Waals surface area contributed by atoms with Crippen LogP contribution in [0.25, 0.3) is 0 Å². The Morgan fingerprint density at radius 2 is 1.60 bits per heavy atom. The number of carbonyl (C=O) groups excluding carboxylic acids is 1. The fourth-order valence-electron chi connectivity index (χ4n) is 6.02. The Bertz CT molecular complexity index is 393. The molecule has 0 atom stereocenters. The lowest BCUT2D eigenvalue weighted by Crippen LogP contribution is -2.64. The van der Waals surface area contributed by atoms with Crippen LogP contribution in [-0.4, -0.2) is 36.0 Å². The summed E-state index contributed by atoms with van der Waals surface area (Å²) in [6.45, 7) is 7.23. The van der Waals surface area contributed by atoms with Crippen LogP contribution in [0.15, 0.2) is 0 Å². The molecule has 20 heavy (non-hydrogen) atoms. The van der Waals surface area contributed by atoms with Crippen molar-refractivity contribution in [2.24, 2.45) is 23.2 Å². The molecule has 5 rings (SSSR count). The van der Waals surface area contributed by atoms with E-state index >= 15 is 0 Å². The second-order valence-corrected chi connectivity index (χ2v) is 8.64. The molecule has 1 heterocycles. The summed E-state index contributed by atoms with van der Waals surface area (Å²) in [6, 6.07) is 0. The molecule has 0 unspecified atom stereocenters. The van der Waals surface area contributed by atoms with Crippen molar-refractivity contribution in [1.29, 1.82) is 0 Å². The monoisotopic (exact) mass is 276 g/mol. The normalized spacial score (nSPS) is 45.7. The number of amides is 1. The summed E-state index contributed by atoms with van der Waals surface area (Å²) in [6.07, 6.45) is 7.82. The molecule has 0 spiro atoms. The first kappa shape index (κ1) is 13.1. The Balaban J connectivity index is 1.61. The van der Waals surface area contributed by atoms with Gasteiger partial charge in [-0.25, -0.2) is 0 Å². The van der Waals surface area contributed by atoms with Crippen molar-refractivity contribution in [3.05, 3.63) is 0 Å². The molecule has 4 bridgehead atoms. The van der Waals surface area contributed by atoms with Crippen LogP contribution in [0.2, 0.25) is 0 Å². The number of carbonyl (C=O) groups is 1. The van der Waals surface area contributed by atoms with Crippen LogP contribution < -0.4 is 5.32 Å². The van der Waals surface area contributed by atoms with Crippen LogP contribution in [0.4, 0.5) is 0 Å². The number of rotatable bonds is 1. The highest BCUT2D eigenvalue weighted by atomic mass is 16.2. The molecule has 1 N–H and O–H groups in total. The molecule has 5 fully saturated rings. The number of hydrogen-bond donors (Lipinski definition) is 1. The second kappa shape index (κ2) is 4.22. The minimum absolute atomic E-state index is 0.0152. The molecule has 5 aliphatic rings. The average Bonchev–Trinajstić information content (AvgIpc) is 2.36. The number of nitrogens with zero attached hydrogens (tertiary/aromatic N) is 1. The molecule has 4 aliphatic carbocycles. The summed E-state index contributed by atoms with van der Waals surface area (Å²) in [5.41, 5.74) is 0.0159. The first-order valence-electron chi connectivity index (χ1n) is 8.51. The molecule has 0 aromatic carbocycles. The van der Waals surface area contributed by atoms with E-state index < -0.39 is 0 Å². The first-order chi connectivity index (χ1) is 9.48. The summed E-state index contributed by atoms with van der Waals surface area (Å²) in [4.78, 5) is 15.6. The molecule has 1 amide bonds. The molecule has 0 aromatic rings. The molecule has 1 aliphatic heterocycles. The molecule has 3 nitrogen and oxygen atoms in total. The van der Waals surface area contributed by atoms with E-state index in [1.54, 1.807) is 0 Å². The van der Waals surface area contributed by atoms with E-state index in [4.69, 9.17) is 0 Å². The zero-order valence-corrected chi connectivity index (χ0v) is 13.0. The fraction of sp³-hybridized carbons (Fsp3) is 0.941. The highest BCUT2D eigenvalue weighted by Gasteiger charge is 2.56. The Hall–Kier alpha value is -0.570. The van der Waals surface area contributed by atoms with Gasteiger partial charge in [-0.15, -0.1) is 0 Å². The van der Waals surface area contributed by atoms with Gasteiger partial charge in [0.2, 0.25) is 5.91 Å². The van der Waals surface area contributed by atoms with E-state index in [1.165, 1.54) is 38.5 Å². The predicted octanol–water partition coefficient (Wildman–Crippen LogP) is 2.41. The lowest BCUT2D eigenvalue weighted by Gasteiger charge is -2.58. The highest BCUT2D eigenvalue weighted by molar-refractivity contribution is 5.84. The smallest absolute Gasteiger partial charge is 0.229 e. The maximum Gasteiger partial charge on any atom is 0.229 e. The van der Waals surface area contributed by atoms with Crippen molar-refractivity contribution in [2.75, 3.05) is 19.6 Å². The van der Waals surface area contributed by atoms with Crippen molar-refractivity contribution in [2.45, 2.75) is 57.9 Å². The van der Waals surface area contributed by atoms with E-state index in [0.717, 1.165) is 37.4 Å². The molecule has 112 valence electrons. The summed E-state index contributed by atoms with van der Waals surface area (Å²) in [7, 11) is 0. The van der Waals surface area contributed by atoms with Gasteiger partial charge in [0.1, 0.15) is 0 Å². The third-order valence-electron chi connectivity index (χ3n) is 6.54. The molecule has 1 saturated heterocycles. The Morgan fingerprint density at radius 1 is 1.05 bits per heavy atom. The topological polar surface area (TPSA) is 32.3 Å². The fourth-order valence-corrected chi connectivity index (χ4v) is 6.02. The van der Waals surface area contributed by atoms with Crippen LogP contribution >= 0.6 is 0 Å². The van der Waals surface area contributed by atoms with Gasteiger partial charge in [0.25, 0.3) is 0 Å².